The maximum Gasteiger partial charge on any atom is 0.131 e. The SMILES string of the molecule is CCSCc1c(C)nn(C)c1Cl. The summed E-state index contributed by atoms with van der Waals surface area (Å²) < 4.78 is 1.72. The summed E-state index contributed by atoms with van der Waals surface area (Å²) in [6.45, 7) is 4.14. The predicted molar refractivity (Wildman–Crippen MR) is 54.8 cm³/mol. The molecular formula is C8H13ClN2S. The third-order valence-corrected chi connectivity index (χ3v) is 3.09. The van der Waals surface area contributed by atoms with Gasteiger partial charge in [-0.2, -0.15) is 16.9 Å². The molecule has 0 fully saturated rings. The number of aromatic nitrogens is 2. The van der Waals surface area contributed by atoms with Gasteiger partial charge in [0.15, 0.2) is 0 Å². The van der Waals surface area contributed by atoms with Gasteiger partial charge in [0, 0.05) is 18.4 Å². The van der Waals surface area contributed by atoms with E-state index >= 15 is 0 Å². The lowest BCUT2D eigenvalue weighted by Gasteiger charge is -1.97. The van der Waals surface area contributed by atoms with Crippen LogP contribution in [0.25, 0.3) is 0 Å². The minimum absolute atomic E-state index is 0.772. The Balaban J connectivity index is 2.82. The molecule has 0 radical (unpaired) electrons. The Kier molecular flexibility index (Phi) is 3.47. The van der Waals surface area contributed by atoms with Gasteiger partial charge in [-0.1, -0.05) is 18.5 Å². The summed E-state index contributed by atoms with van der Waals surface area (Å²) in [5.74, 6) is 2.08. The second-order valence-corrected chi connectivity index (χ2v) is 4.25. The van der Waals surface area contributed by atoms with E-state index in [1.165, 1.54) is 5.56 Å². The molecule has 0 saturated carbocycles. The van der Waals surface area contributed by atoms with Crippen molar-refractivity contribution in [3.8, 4) is 0 Å². The fourth-order valence-electron chi connectivity index (χ4n) is 1.04. The van der Waals surface area contributed by atoms with Gasteiger partial charge >= 0.3 is 0 Å². The molecule has 0 unspecified atom stereocenters. The lowest BCUT2D eigenvalue weighted by Crippen LogP contribution is -1.89. The topological polar surface area (TPSA) is 17.8 Å². The normalized spacial score (nSPS) is 10.7. The summed E-state index contributed by atoms with van der Waals surface area (Å²) >= 11 is 7.90. The number of nitrogens with zero attached hydrogens (tertiary/aromatic N) is 2. The molecule has 0 bridgehead atoms. The minimum Gasteiger partial charge on any atom is -0.257 e. The van der Waals surface area contributed by atoms with Crippen LogP contribution in [0.3, 0.4) is 0 Å². The first-order valence-corrected chi connectivity index (χ1v) is 5.45. The van der Waals surface area contributed by atoms with Gasteiger partial charge in [-0.25, -0.2) is 0 Å². The van der Waals surface area contributed by atoms with E-state index in [-0.39, 0.29) is 0 Å². The second kappa shape index (κ2) is 4.19. The Bertz CT molecular complexity index is 270. The fraction of sp³-hybridized carbons (Fsp3) is 0.625. The van der Waals surface area contributed by atoms with Gasteiger partial charge in [0.25, 0.3) is 0 Å². The van der Waals surface area contributed by atoms with Crippen LogP contribution in [0.5, 0.6) is 0 Å². The van der Waals surface area contributed by atoms with Crippen LogP contribution in [0.4, 0.5) is 0 Å². The summed E-state index contributed by atoms with van der Waals surface area (Å²) in [5.41, 5.74) is 2.22. The first-order valence-electron chi connectivity index (χ1n) is 3.92. The van der Waals surface area contributed by atoms with E-state index in [4.69, 9.17) is 11.6 Å². The Hall–Kier alpha value is -0.150. The number of rotatable bonds is 3. The molecule has 2 nitrogen and oxygen atoms in total. The molecule has 4 heteroatoms. The molecule has 1 rings (SSSR count). The molecule has 0 aromatic carbocycles. The molecule has 1 aromatic rings. The maximum atomic E-state index is 6.04. The molecule has 0 aliphatic carbocycles. The van der Waals surface area contributed by atoms with Crippen molar-refractivity contribution in [2.45, 2.75) is 19.6 Å². The van der Waals surface area contributed by atoms with Gasteiger partial charge in [0.1, 0.15) is 5.15 Å². The summed E-state index contributed by atoms with van der Waals surface area (Å²) in [6.07, 6.45) is 0. The standard InChI is InChI=1S/C8H13ClN2S/c1-4-12-5-7-6(2)10-11(3)8(7)9/h4-5H2,1-3H3. The average molecular weight is 205 g/mol. The molecule has 12 heavy (non-hydrogen) atoms. The van der Waals surface area contributed by atoms with Gasteiger partial charge in [-0.3, -0.25) is 4.68 Å². The molecule has 0 saturated heterocycles. The van der Waals surface area contributed by atoms with Crippen LogP contribution < -0.4 is 0 Å². The van der Waals surface area contributed by atoms with Crippen molar-refractivity contribution in [3.05, 3.63) is 16.4 Å². The van der Waals surface area contributed by atoms with Crippen LogP contribution in [0.2, 0.25) is 5.15 Å². The van der Waals surface area contributed by atoms with E-state index in [1.54, 1.807) is 4.68 Å². The minimum atomic E-state index is 0.772. The van der Waals surface area contributed by atoms with Crippen LogP contribution >= 0.6 is 23.4 Å². The van der Waals surface area contributed by atoms with E-state index in [1.807, 2.05) is 25.7 Å². The molecule has 0 N–H and O–H groups in total. The highest BCUT2D eigenvalue weighted by atomic mass is 35.5. The molecule has 0 amide bonds. The highest BCUT2D eigenvalue weighted by Gasteiger charge is 2.09. The van der Waals surface area contributed by atoms with E-state index in [0.29, 0.717) is 0 Å². The van der Waals surface area contributed by atoms with Gasteiger partial charge < -0.3 is 0 Å². The van der Waals surface area contributed by atoms with E-state index in [2.05, 4.69) is 12.0 Å². The molecule has 0 spiro atoms. The highest BCUT2D eigenvalue weighted by molar-refractivity contribution is 7.98. The quantitative estimate of drug-likeness (QED) is 0.754. The van der Waals surface area contributed by atoms with Crippen molar-refractivity contribution in [2.75, 3.05) is 5.75 Å². The monoisotopic (exact) mass is 204 g/mol. The van der Waals surface area contributed by atoms with Crippen LogP contribution in [0.1, 0.15) is 18.2 Å². The molecule has 1 heterocycles. The molecule has 0 atom stereocenters. The van der Waals surface area contributed by atoms with Gasteiger partial charge in [0.05, 0.1) is 5.69 Å². The van der Waals surface area contributed by atoms with Crippen molar-refractivity contribution in [1.82, 2.24) is 9.78 Å². The molecular weight excluding hydrogens is 192 g/mol. The zero-order valence-corrected chi connectivity index (χ0v) is 9.17. The zero-order valence-electron chi connectivity index (χ0n) is 7.59. The van der Waals surface area contributed by atoms with Crippen molar-refractivity contribution >= 4 is 23.4 Å². The summed E-state index contributed by atoms with van der Waals surface area (Å²) in [7, 11) is 1.87. The summed E-state index contributed by atoms with van der Waals surface area (Å²) in [4.78, 5) is 0. The number of halogens is 1. The molecule has 1 aromatic heterocycles. The molecule has 68 valence electrons. The van der Waals surface area contributed by atoms with Crippen molar-refractivity contribution < 1.29 is 0 Å². The number of aryl methyl sites for hydroxylation is 2. The van der Waals surface area contributed by atoms with Crippen molar-refractivity contribution in [2.24, 2.45) is 7.05 Å². The fourth-order valence-corrected chi connectivity index (χ4v) is 2.12. The smallest absolute Gasteiger partial charge is 0.131 e. The first kappa shape index (κ1) is 9.93. The predicted octanol–water partition coefficient (Wildman–Crippen LogP) is 2.64. The zero-order chi connectivity index (χ0) is 9.14. The largest absolute Gasteiger partial charge is 0.257 e. The van der Waals surface area contributed by atoms with E-state index in [9.17, 15) is 0 Å². The average Bonchev–Trinajstić information content (AvgIpc) is 2.25. The Morgan fingerprint density at radius 1 is 1.58 bits per heavy atom. The van der Waals surface area contributed by atoms with Crippen molar-refractivity contribution in [3.63, 3.8) is 0 Å². The number of hydrogen-bond donors (Lipinski definition) is 0. The Morgan fingerprint density at radius 3 is 2.67 bits per heavy atom. The van der Waals surface area contributed by atoms with Crippen LogP contribution in [0.15, 0.2) is 0 Å². The lowest BCUT2D eigenvalue weighted by molar-refractivity contribution is 0.757. The Morgan fingerprint density at radius 2 is 2.25 bits per heavy atom. The Labute approximate surface area is 82.3 Å². The van der Waals surface area contributed by atoms with E-state index < -0.39 is 0 Å². The second-order valence-electron chi connectivity index (χ2n) is 2.62. The van der Waals surface area contributed by atoms with Gasteiger partial charge in [-0.05, 0) is 12.7 Å². The van der Waals surface area contributed by atoms with Crippen LogP contribution in [0, 0.1) is 6.92 Å². The van der Waals surface area contributed by atoms with Crippen LogP contribution in [-0.4, -0.2) is 15.5 Å². The van der Waals surface area contributed by atoms with E-state index in [0.717, 1.165) is 22.4 Å². The van der Waals surface area contributed by atoms with Crippen LogP contribution in [-0.2, 0) is 12.8 Å². The third-order valence-electron chi connectivity index (χ3n) is 1.72. The number of hydrogen-bond acceptors (Lipinski definition) is 2. The summed E-state index contributed by atoms with van der Waals surface area (Å²) in [6, 6.07) is 0. The lowest BCUT2D eigenvalue weighted by atomic mass is 10.3. The summed E-state index contributed by atoms with van der Waals surface area (Å²) in [5, 5.41) is 5.01. The molecule has 0 aliphatic rings. The van der Waals surface area contributed by atoms with Crippen molar-refractivity contribution in [1.29, 1.82) is 0 Å². The maximum absolute atomic E-state index is 6.04. The molecule has 0 aliphatic heterocycles. The number of thioether (sulfide) groups is 1. The van der Waals surface area contributed by atoms with Gasteiger partial charge in [0.2, 0.25) is 0 Å². The third kappa shape index (κ3) is 1.96. The van der Waals surface area contributed by atoms with Gasteiger partial charge in [-0.15, -0.1) is 0 Å². The first-order chi connectivity index (χ1) is 5.66. The highest BCUT2D eigenvalue weighted by Crippen LogP contribution is 2.23.